The van der Waals surface area contributed by atoms with Gasteiger partial charge in [0.25, 0.3) is 5.91 Å². The molecule has 2 heterocycles. The third-order valence-electron chi connectivity index (χ3n) is 8.05. The van der Waals surface area contributed by atoms with Crippen LogP contribution in [0.4, 0.5) is 8.78 Å². The molecule has 2 fully saturated rings. The molecular weight excluding hydrogens is 528 g/mol. The highest BCUT2D eigenvalue weighted by Crippen LogP contribution is 2.41. The molecular formula is C28H25F2N3O5S. The van der Waals surface area contributed by atoms with Crippen molar-refractivity contribution in [1.82, 2.24) is 10.6 Å². The van der Waals surface area contributed by atoms with Crippen LogP contribution in [0.25, 0.3) is 22.1 Å². The zero-order chi connectivity index (χ0) is 27.6. The fourth-order valence-electron chi connectivity index (χ4n) is 5.39. The van der Waals surface area contributed by atoms with Gasteiger partial charge in [-0.2, -0.15) is 5.26 Å². The normalized spacial score (nSPS) is 21.5. The second kappa shape index (κ2) is 8.61. The van der Waals surface area contributed by atoms with Gasteiger partial charge in [0.15, 0.2) is 15.6 Å². The number of benzene rings is 2. The van der Waals surface area contributed by atoms with E-state index in [0.717, 1.165) is 16.7 Å². The molecule has 202 valence electrons. The van der Waals surface area contributed by atoms with Gasteiger partial charge in [0.1, 0.15) is 16.7 Å². The summed E-state index contributed by atoms with van der Waals surface area (Å²) < 4.78 is 58.0. The Balaban J connectivity index is 1.26. The van der Waals surface area contributed by atoms with E-state index in [0.29, 0.717) is 35.1 Å². The number of nitriles is 1. The molecule has 2 saturated carbocycles. The van der Waals surface area contributed by atoms with E-state index in [1.54, 1.807) is 24.3 Å². The highest BCUT2D eigenvalue weighted by Gasteiger charge is 2.53. The van der Waals surface area contributed by atoms with E-state index in [-0.39, 0.29) is 24.4 Å². The van der Waals surface area contributed by atoms with E-state index in [2.05, 4.69) is 16.7 Å². The van der Waals surface area contributed by atoms with Crippen LogP contribution in [0.3, 0.4) is 0 Å². The molecule has 2 aliphatic carbocycles. The first kappa shape index (κ1) is 25.5. The van der Waals surface area contributed by atoms with E-state index in [1.165, 1.54) is 6.07 Å². The Bertz CT molecular complexity index is 1670. The van der Waals surface area contributed by atoms with Crippen molar-refractivity contribution in [3.05, 3.63) is 53.8 Å². The lowest BCUT2D eigenvalue weighted by molar-refractivity contribution is -0.133. The number of hydrogen-bond donors (Lipinski definition) is 2. The topological polar surface area (TPSA) is 129 Å². The first-order chi connectivity index (χ1) is 18.4. The van der Waals surface area contributed by atoms with Crippen LogP contribution in [0.1, 0.15) is 54.6 Å². The Morgan fingerprint density at radius 1 is 0.923 bits per heavy atom. The Labute approximate surface area is 223 Å². The molecule has 2 amide bonds. The smallest absolute Gasteiger partial charge is 0.287 e. The van der Waals surface area contributed by atoms with Crippen LogP contribution in [-0.4, -0.2) is 43.0 Å². The average molecular weight is 554 g/mol. The first-order valence-corrected chi connectivity index (χ1v) is 14.4. The number of carbonyl (C=O) groups is 2. The van der Waals surface area contributed by atoms with Crippen molar-refractivity contribution in [2.45, 2.75) is 66.8 Å². The molecule has 0 radical (unpaired) electrons. The molecule has 1 aromatic heterocycles. The number of nitrogens with one attached hydrogen (secondary N) is 2. The maximum Gasteiger partial charge on any atom is 0.287 e. The van der Waals surface area contributed by atoms with Crippen LogP contribution in [0, 0.1) is 11.3 Å². The molecule has 3 aliphatic rings. The molecule has 2 N–H and O–H groups in total. The fourth-order valence-corrected chi connectivity index (χ4v) is 6.94. The van der Waals surface area contributed by atoms with Gasteiger partial charge in [-0.1, -0.05) is 18.2 Å². The molecule has 0 bridgehead atoms. The number of nitrogens with zero attached hydrogens (tertiary/aromatic N) is 1. The minimum absolute atomic E-state index is 0.0758. The van der Waals surface area contributed by atoms with E-state index in [9.17, 15) is 32.0 Å². The summed E-state index contributed by atoms with van der Waals surface area (Å²) in [4.78, 5) is 26.8. The van der Waals surface area contributed by atoms with Crippen molar-refractivity contribution in [2.24, 2.45) is 0 Å². The van der Waals surface area contributed by atoms with Gasteiger partial charge < -0.3 is 15.1 Å². The minimum Gasteiger partial charge on any atom is -0.451 e. The van der Waals surface area contributed by atoms with E-state index in [1.807, 2.05) is 12.1 Å². The number of sulfone groups is 1. The Kier molecular flexibility index (Phi) is 5.63. The second-order valence-electron chi connectivity index (χ2n) is 10.8. The monoisotopic (exact) mass is 553 g/mol. The van der Waals surface area contributed by atoms with Gasteiger partial charge in [-0.3, -0.25) is 9.59 Å². The standard InChI is InChI=1S/C28H25F2N3O5S/c29-28(30)10-8-27(9-11-28,25(35)33-26(16-31)6-7-26)32-24(34)22-15-19-2-1-18(14-21(19)38-22)17-3-4-23-20(13-17)5-12-39(23,36)37/h1-4,13-15H,5-12H2,(H,32,34)(H,33,35). The fraction of sp³-hybridized carbons (Fsp3) is 0.393. The number of carbonyl (C=O) groups excluding carboxylic acids is 2. The minimum atomic E-state index is -3.23. The van der Waals surface area contributed by atoms with Gasteiger partial charge in [-0.05, 0) is 73.1 Å². The molecule has 2 aromatic carbocycles. The van der Waals surface area contributed by atoms with Crippen LogP contribution < -0.4 is 10.6 Å². The first-order valence-electron chi connectivity index (χ1n) is 12.8. The Hall–Kier alpha value is -3.78. The number of aryl methyl sites for hydroxylation is 1. The van der Waals surface area contributed by atoms with Gasteiger partial charge in [0, 0.05) is 18.2 Å². The summed E-state index contributed by atoms with van der Waals surface area (Å²) in [5, 5.41) is 15.3. The van der Waals surface area contributed by atoms with Crippen LogP contribution in [0.2, 0.25) is 0 Å². The third kappa shape index (κ3) is 4.56. The Morgan fingerprint density at radius 3 is 2.31 bits per heavy atom. The molecule has 0 spiro atoms. The molecule has 0 saturated heterocycles. The van der Waals surface area contributed by atoms with Crippen molar-refractivity contribution in [2.75, 3.05) is 5.75 Å². The van der Waals surface area contributed by atoms with Gasteiger partial charge in [-0.15, -0.1) is 0 Å². The molecule has 0 atom stereocenters. The van der Waals surface area contributed by atoms with E-state index in [4.69, 9.17) is 4.42 Å². The zero-order valence-corrected chi connectivity index (χ0v) is 21.7. The summed E-state index contributed by atoms with van der Waals surface area (Å²) in [6.45, 7) is 0. The lowest BCUT2D eigenvalue weighted by atomic mass is 9.78. The van der Waals surface area contributed by atoms with Crippen molar-refractivity contribution in [3.63, 3.8) is 0 Å². The predicted octanol–water partition coefficient (Wildman–Crippen LogP) is 4.28. The summed E-state index contributed by atoms with van der Waals surface area (Å²) in [7, 11) is -3.23. The largest absolute Gasteiger partial charge is 0.451 e. The van der Waals surface area contributed by atoms with Gasteiger partial charge in [0.05, 0.1) is 16.7 Å². The van der Waals surface area contributed by atoms with E-state index >= 15 is 0 Å². The van der Waals surface area contributed by atoms with Gasteiger partial charge in [0.2, 0.25) is 11.8 Å². The SMILES string of the molecule is N#CC1(NC(=O)C2(NC(=O)c3cc4ccc(-c5ccc6c(c5)CCS6(=O)=O)cc4o3)CCC(F)(F)CC2)CC1. The van der Waals surface area contributed by atoms with Crippen LogP contribution in [0.5, 0.6) is 0 Å². The molecule has 6 rings (SSSR count). The van der Waals surface area contributed by atoms with Crippen LogP contribution in [0.15, 0.2) is 51.8 Å². The second-order valence-corrected chi connectivity index (χ2v) is 12.9. The summed E-state index contributed by atoms with van der Waals surface area (Å²) in [6, 6.07) is 14.1. The maximum absolute atomic E-state index is 14.0. The van der Waals surface area contributed by atoms with Crippen molar-refractivity contribution in [3.8, 4) is 17.2 Å². The number of furan rings is 1. The van der Waals surface area contributed by atoms with Gasteiger partial charge >= 0.3 is 0 Å². The molecule has 1 aliphatic heterocycles. The van der Waals surface area contributed by atoms with Gasteiger partial charge in [-0.25, -0.2) is 17.2 Å². The molecule has 39 heavy (non-hydrogen) atoms. The van der Waals surface area contributed by atoms with Crippen LogP contribution >= 0.6 is 0 Å². The Morgan fingerprint density at radius 2 is 1.62 bits per heavy atom. The molecule has 3 aromatic rings. The number of amides is 2. The predicted molar refractivity (Wildman–Crippen MR) is 137 cm³/mol. The van der Waals surface area contributed by atoms with Crippen LogP contribution in [-0.2, 0) is 21.1 Å². The zero-order valence-electron chi connectivity index (χ0n) is 20.9. The quantitative estimate of drug-likeness (QED) is 0.485. The average Bonchev–Trinajstić information content (AvgIpc) is 3.43. The summed E-state index contributed by atoms with van der Waals surface area (Å²) in [6.07, 6.45) is -0.259. The maximum atomic E-state index is 14.0. The number of alkyl halides is 2. The third-order valence-corrected chi connectivity index (χ3v) is 9.86. The van der Waals surface area contributed by atoms with Crippen molar-refractivity contribution < 1.29 is 31.2 Å². The lowest BCUT2D eigenvalue weighted by Crippen LogP contribution is -2.62. The number of hydrogen-bond acceptors (Lipinski definition) is 6. The lowest BCUT2D eigenvalue weighted by Gasteiger charge is -2.39. The van der Waals surface area contributed by atoms with E-state index < -0.39 is 51.5 Å². The highest BCUT2D eigenvalue weighted by molar-refractivity contribution is 7.91. The number of halogens is 2. The molecule has 8 nitrogen and oxygen atoms in total. The number of fused-ring (bicyclic) bond motifs is 2. The highest BCUT2D eigenvalue weighted by atomic mass is 32.2. The van der Waals surface area contributed by atoms with Crippen molar-refractivity contribution in [1.29, 1.82) is 5.26 Å². The summed E-state index contributed by atoms with van der Waals surface area (Å²) in [5.41, 5.74) is 0.152. The summed E-state index contributed by atoms with van der Waals surface area (Å²) >= 11 is 0. The summed E-state index contributed by atoms with van der Waals surface area (Å²) in [5.74, 6) is -4.26. The van der Waals surface area contributed by atoms with Crippen molar-refractivity contribution >= 4 is 32.6 Å². The number of rotatable bonds is 5. The molecule has 0 unspecified atom stereocenters. The molecule has 11 heteroatoms.